The molecule has 0 aliphatic carbocycles. The Hall–Kier alpha value is -2.37. The van der Waals surface area contributed by atoms with Crippen molar-refractivity contribution >= 4 is 11.6 Å². The van der Waals surface area contributed by atoms with Gasteiger partial charge in [0, 0.05) is 25.2 Å². The van der Waals surface area contributed by atoms with Gasteiger partial charge in [-0.2, -0.15) is 0 Å². The standard InChI is InChI=1S/C14H15F2N3O/c1-17-13-10(15)7-11(16)14(19-13)18-8-9-5-3-4-6-12(9)20-2/h3-7H,8H2,1-2H3,(H2,17,18,19). The number of nitrogens with zero attached hydrogens (tertiary/aromatic N) is 1. The minimum atomic E-state index is -0.739. The van der Waals surface area contributed by atoms with E-state index >= 15 is 0 Å². The number of benzene rings is 1. The van der Waals surface area contributed by atoms with Gasteiger partial charge in [-0.05, 0) is 6.07 Å². The van der Waals surface area contributed by atoms with Gasteiger partial charge >= 0.3 is 0 Å². The van der Waals surface area contributed by atoms with Crippen molar-refractivity contribution in [2.75, 3.05) is 24.8 Å². The first-order valence-electron chi connectivity index (χ1n) is 6.05. The molecule has 2 N–H and O–H groups in total. The van der Waals surface area contributed by atoms with E-state index in [0.29, 0.717) is 12.3 Å². The number of methoxy groups -OCH3 is 1. The van der Waals surface area contributed by atoms with Crippen molar-refractivity contribution in [3.05, 3.63) is 47.5 Å². The van der Waals surface area contributed by atoms with E-state index in [2.05, 4.69) is 15.6 Å². The molecule has 1 aromatic carbocycles. The van der Waals surface area contributed by atoms with Crippen molar-refractivity contribution in [3.63, 3.8) is 0 Å². The van der Waals surface area contributed by atoms with Crippen LogP contribution in [-0.4, -0.2) is 19.1 Å². The molecule has 0 atom stereocenters. The maximum absolute atomic E-state index is 13.6. The molecule has 106 valence electrons. The van der Waals surface area contributed by atoms with E-state index in [0.717, 1.165) is 11.6 Å². The Morgan fingerprint density at radius 3 is 2.55 bits per heavy atom. The number of anilines is 2. The van der Waals surface area contributed by atoms with Crippen LogP contribution >= 0.6 is 0 Å². The second-order valence-corrected chi connectivity index (χ2v) is 4.06. The Labute approximate surface area is 115 Å². The molecule has 0 unspecified atom stereocenters. The van der Waals surface area contributed by atoms with Gasteiger partial charge in [-0.3, -0.25) is 0 Å². The fourth-order valence-corrected chi connectivity index (χ4v) is 1.79. The summed E-state index contributed by atoms with van der Waals surface area (Å²) >= 11 is 0. The lowest BCUT2D eigenvalue weighted by molar-refractivity contribution is 0.410. The minimum absolute atomic E-state index is 0.00562. The van der Waals surface area contributed by atoms with Crippen LogP contribution in [-0.2, 0) is 6.54 Å². The third kappa shape index (κ3) is 2.96. The van der Waals surface area contributed by atoms with E-state index in [4.69, 9.17) is 4.74 Å². The van der Waals surface area contributed by atoms with Crippen LogP contribution < -0.4 is 15.4 Å². The van der Waals surface area contributed by atoms with Crippen molar-refractivity contribution in [1.29, 1.82) is 0 Å². The number of halogens is 2. The molecule has 6 heteroatoms. The summed E-state index contributed by atoms with van der Waals surface area (Å²) in [4.78, 5) is 3.85. The molecule has 0 spiro atoms. The second kappa shape index (κ2) is 6.18. The highest BCUT2D eigenvalue weighted by atomic mass is 19.1. The molecule has 0 amide bonds. The minimum Gasteiger partial charge on any atom is -0.496 e. The fourth-order valence-electron chi connectivity index (χ4n) is 1.79. The van der Waals surface area contributed by atoms with Crippen LogP contribution in [0.1, 0.15) is 5.56 Å². The molecule has 0 saturated heterocycles. The van der Waals surface area contributed by atoms with Gasteiger partial charge < -0.3 is 15.4 Å². The van der Waals surface area contributed by atoms with Crippen molar-refractivity contribution in [3.8, 4) is 5.75 Å². The lowest BCUT2D eigenvalue weighted by atomic mass is 10.2. The predicted octanol–water partition coefficient (Wildman–Crippen LogP) is 3.02. The lowest BCUT2D eigenvalue weighted by Crippen LogP contribution is -2.07. The van der Waals surface area contributed by atoms with Gasteiger partial charge in [0.2, 0.25) is 0 Å². The average Bonchev–Trinajstić information content (AvgIpc) is 2.46. The van der Waals surface area contributed by atoms with Crippen LogP contribution in [0.3, 0.4) is 0 Å². The lowest BCUT2D eigenvalue weighted by Gasteiger charge is -2.11. The molecule has 0 aliphatic heterocycles. The second-order valence-electron chi connectivity index (χ2n) is 4.06. The van der Waals surface area contributed by atoms with Gasteiger partial charge in [-0.15, -0.1) is 0 Å². The summed E-state index contributed by atoms with van der Waals surface area (Å²) in [5.74, 6) is -0.795. The van der Waals surface area contributed by atoms with Crippen LogP contribution in [0.15, 0.2) is 30.3 Å². The van der Waals surface area contributed by atoms with Crippen molar-refractivity contribution in [2.45, 2.75) is 6.54 Å². The third-order valence-electron chi connectivity index (χ3n) is 2.81. The quantitative estimate of drug-likeness (QED) is 0.883. The Morgan fingerprint density at radius 1 is 1.15 bits per heavy atom. The molecule has 2 rings (SSSR count). The molecule has 2 aromatic rings. The van der Waals surface area contributed by atoms with Crippen LogP contribution in [0.5, 0.6) is 5.75 Å². The maximum Gasteiger partial charge on any atom is 0.168 e. The van der Waals surface area contributed by atoms with Gasteiger partial charge in [0.25, 0.3) is 0 Å². The maximum atomic E-state index is 13.6. The first-order chi connectivity index (χ1) is 9.65. The summed E-state index contributed by atoms with van der Waals surface area (Å²) in [5, 5.41) is 5.40. The van der Waals surface area contributed by atoms with Crippen LogP contribution in [0.4, 0.5) is 20.4 Å². The van der Waals surface area contributed by atoms with Crippen molar-refractivity contribution < 1.29 is 13.5 Å². The predicted molar refractivity (Wildman–Crippen MR) is 74.0 cm³/mol. The zero-order valence-electron chi connectivity index (χ0n) is 11.2. The van der Waals surface area contributed by atoms with Crippen molar-refractivity contribution in [2.24, 2.45) is 0 Å². The molecule has 4 nitrogen and oxygen atoms in total. The largest absolute Gasteiger partial charge is 0.496 e. The van der Waals surface area contributed by atoms with E-state index in [9.17, 15) is 8.78 Å². The molecule has 1 heterocycles. The summed E-state index contributed by atoms with van der Waals surface area (Å²) in [6.07, 6.45) is 0. The van der Waals surface area contributed by atoms with Gasteiger partial charge in [0.05, 0.1) is 7.11 Å². The Morgan fingerprint density at radius 2 is 1.85 bits per heavy atom. The Balaban J connectivity index is 2.18. The van der Waals surface area contributed by atoms with Gasteiger partial charge in [-0.1, -0.05) is 18.2 Å². The first-order valence-corrected chi connectivity index (χ1v) is 6.05. The van der Waals surface area contributed by atoms with E-state index in [-0.39, 0.29) is 11.6 Å². The highest BCUT2D eigenvalue weighted by molar-refractivity contribution is 5.48. The number of hydrogen-bond donors (Lipinski definition) is 2. The third-order valence-corrected chi connectivity index (χ3v) is 2.81. The molecule has 0 saturated carbocycles. The summed E-state index contributed by atoms with van der Waals surface area (Å²) in [5.41, 5.74) is 0.853. The van der Waals surface area contributed by atoms with Crippen molar-refractivity contribution in [1.82, 2.24) is 4.98 Å². The number of hydrogen-bond acceptors (Lipinski definition) is 4. The van der Waals surface area contributed by atoms with Crippen LogP contribution in [0, 0.1) is 11.6 Å². The number of para-hydroxylation sites is 1. The fraction of sp³-hybridized carbons (Fsp3) is 0.214. The summed E-state index contributed by atoms with van der Waals surface area (Å²) in [7, 11) is 3.09. The number of ether oxygens (including phenoxy) is 1. The number of pyridine rings is 1. The monoisotopic (exact) mass is 279 g/mol. The topological polar surface area (TPSA) is 46.2 Å². The first kappa shape index (κ1) is 14.0. The number of aromatic nitrogens is 1. The molecule has 0 radical (unpaired) electrons. The summed E-state index contributed by atoms with van der Waals surface area (Å²) in [6, 6.07) is 8.16. The Bertz CT molecular complexity index is 605. The number of rotatable bonds is 5. The average molecular weight is 279 g/mol. The van der Waals surface area contributed by atoms with Crippen LogP contribution in [0.25, 0.3) is 0 Å². The van der Waals surface area contributed by atoms with E-state index in [1.165, 1.54) is 7.05 Å². The smallest absolute Gasteiger partial charge is 0.168 e. The van der Waals surface area contributed by atoms with E-state index in [1.54, 1.807) is 7.11 Å². The zero-order chi connectivity index (χ0) is 14.5. The highest BCUT2D eigenvalue weighted by Crippen LogP contribution is 2.22. The molecule has 20 heavy (non-hydrogen) atoms. The molecular weight excluding hydrogens is 264 g/mol. The highest BCUT2D eigenvalue weighted by Gasteiger charge is 2.11. The zero-order valence-corrected chi connectivity index (χ0v) is 11.2. The normalized spacial score (nSPS) is 10.2. The van der Waals surface area contributed by atoms with Gasteiger partial charge in [0.1, 0.15) is 5.75 Å². The van der Waals surface area contributed by atoms with E-state index < -0.39 is 11.6 Å². The van der Waals surface area contributed by atoms with Gasteiger partial charge in [-0.25, -0.2) is 13.8 Å². The van der Waals surface area contributed by atoms with Crippen LogP contribution in [0.2, 0.25) is 0 Å². The number of nitrogens with one attached hydrogen (secondary N) is 2. The SMILES string of the molecule is CNc1nc(NCc2ccccc2OC)c(F)cc1F. The molecular formula is C14H15F2N3O. The summed E-state index contributed by atoms with van der Waals surface area (Å²) in [6.45, 7) is 0.322. The Kier molecular flexibility index (Phi) is 4.34. The molecule has 0 bridgehead atoms. The summed E-state index contributed by atoms with van der Waals surface area (Å²) < 4.78 is 32.1. The van der Waals surface area contributed by atoms with E-state index in [1.807, 2.05) is 24.3 Å². The van der Waals surface area contributed by atoms with Gasteiger partial charge in [0.15, 0.2) is 23.3 Å². The molecule has 1 aromatic heterocycles. The molecule has 0 aliphatic rings. The molecule has 0 fully saturated rings.